The molecule has 1 aromatic carbocycles. The van der Waals surface area contributed by atoms with E-state index >= 15 is 0 Å². The van der Waals surface area contributed by atoms with E-state index in [1.54, 1.807) is 13.2 Å². The van der Waals surface area contributed by atoms with Gasteiger partial charge in [0.05, 0.1) is 18.2 Å². The third-order valence-corrected chi connectivity index (χ3v) is 3.79. The molecule has 0 N–H and O–H groups in total. The van der Waals surface area contributed by atoms with Gasteiger partial charge in [-0.05, 0) is 12.1 Å². The maximum atomic E-state index is 13.7. The Kier molecular flexibility index (Phi) is 4.28. The van der Waals surface area contributed by atoms with E-state index in [2.05, 4.69) is 10.2 Å². The van der Waals surface area contributed by atoms with Crippen molar-refractivity contribution in [2.75, 3.05) is 20.3 Å². The van der Waals surface area contributed by atoms with Crippen LogP contribution in [0.1, 0.15) is 18.2 Å². The Balaban J connectivity index is 1.71. The van der Waals surface area contributed by atoms with Crippen LogP contribution in [0.5, 0.6) is 5.75 Å². The van der Waals surface area contributed by atoms with Gasteiger partial charge >= 0.3 is 0 Å². The van der Waals surface area contributed by atoms with E-state index in [4.69, 9.17) is 30.2 Å². The van der Waals surface area contributed by atoms with Crippen molar-refractivity contribution in [1.82, 2.24) is 10.2 Å². The van der Waals surface area contributed by atoms with E-state index in [0.29, 0.717) is 25.5 Å². The fourth-order valence-electron chi connectivity index (χ4n) is 2.19. The fourth-order valence-corrected chi connectivity index (χ4v) is 2.36. The molecule has 0 aliphatic carbocycles. The first-order valence-corrected chi connectivity index (χ1v) is 7.05. The van der Waals surface area contributed by atoms with E-state index in [1.807, 2.05) is 0 Å². The largest absolute Gasteiger partial charge is 0.481 e. The van der Waals surface area contributed by atoms with Crippen molar-refractivity contribution < 1.29 is 23.0 Å². The summed E-state index contributed by atoms with van der Waals surface area (Å²) in [6, 6.07) is 4.51. The summed E-state index contributed by atoms with van der Waals surface area (Å²) in [5, 5.41) is 7.85. The Morgan fingerprint density at radius 2 is 2.27 bits per heavy atom. The van der Waals surface area contributed by atoms with Gasteiger partial charge in [-0.2, -0.15) is 0 Å². The zero-order valence-electron chi connectivity index (χ0n) is 11.8. The summed E-state index contributed by atoms with van der Waals surface area (Å²) < 4.78 is 35.4. The quantitative estimate of drug-likeness (QED) is 0.840. The number of rotatable bonds is 5. The number of halogens is 2. The van der Waals surface area contributed by atoms with Crippen LogP contribution in [0.2, 0.25) is 5.02 Å². The predicted molar refractivity (Wildman–Crippen MR) is 74.2 cm³/mol. The maximum Gasteiger partial charge on any atom is 0.254 e. The normalized spacial score (nSPS) is 21.2. The molecule has 3 rings (SSSR count). The first-order chi connectivity index (χ1) is 10.6. The van der Waals surface area contributed by atoms with Gasteiger partial charge in [-0.25, -0.2) is 4.39 Å². The molecule has 118 valence electrons. The van der Waals surface area contributed by atoms with Gasteiger partial charge in [0.15, 0.2) is 23.8 Å². The van der Waals surface area contributed by atoms with Gasteiger partial charge < -0.3 is 18.6 Å². The van der Waals surface area contributed by atoms with Crippen LogP contribution in [0, 0.1) is 5.82 Å². The van der Waals surface area contributed by atoms with Crippen molar-refractivity contribution in [2.45, 2.75) is 18.6 Å². The van der Waals surface area contributed by atoms with Crippen LogP contribution in [-0.2, 0) is 21.7 Å². The molecule has 1 aliphatic heterocycles. The van der Waals surface area contributed by atoms with Gasteiger partial charge in [0.1, 0.15) is 0 Å². The summed E-state index contributed by atoms with van der Waals surface area (Å²) in [6.45, 7) is 0.857. The molecule has 1 aromatic heterocycles. The van der Waals surface area contributed by atoms with E-state index in [1.165, 1.54) is 12.1 Å². The Labute approximate surface area is 131 Å². The molecule has 0 amide bonds. The van der Waals surface area contributed by atoms with Gasteiger partial charge in [-0.15, -0.1) is 10.2 Å². The summed E-state index contributed by atoms with van der Waals surface area (Å²) in [4.78, 5) is 0. The smallest absolute Gasteiger partial charge is 0.254 e. The van der Waals surface area contributed by atoms with Crippen LogP contribution in [0.15, 0.2) is 22.6 Å². The van der Waals surface area contributed by atoms with Gasteiger partial charge in [0.25, 0.3) is 11.8 Å². The van der Waals surface area contributed by atoms with E-state index < -0.39 is 11.4 Å². The number of methoxy groups -OCH3 is 1. The van der Waals surface area contributed by atoms with Crippen molar-refractivity contribution in [3.8, 4) is 5.75 Å². The minimum absolute atomic E-state index is 0.00911. The highest BCUT2D eigenvalue weighted by Crippen LogP contribution is 2.33. The highest BCUT2D eigenvalue weighted by Gasteiger charge is 2.42. The molecule has 0 spiro atoms. The molecule has 1 unspecified atom stereocenters. The fraction of sp³-hybridized carbons (Fsp3) is 0.429. The maximum absolute atomic E-state index is 13.7. The molecule has 22 heavy (non-hydrogen) atoms. The zero-order chi connectivity index (χ0) is 15.6. The number of benzene rings is 1. The second kappa shape index (κ2) is 6.20. The van der Waals surface area contributed by atoms with Gasteiger partial charge in [-0.1, -0.05) is 17.7 Å². The molecule has 2 heterocycles. The van der Waals surface area contributed by atoms with Gasteiger partial charge in [-0.3, -0.25) is 0 Å². The van der Waals surface area contributed by atoms with Crippen LogP contribution >= 0.6 is 11.6 Å². The highest BCUT2D eigenvalue weighted by atomic mass is 35.5. The average Bonchev–Trinajstić information content (AvgIpc) is 3.18. The highest BCUT2D eigenvalue weighted by molar-refractivity contribution is 6.30. The lowest BCUT2D eigenvalue weighted by molar-refractivity contribution is -0.0421. The molecule has 1 atom stereocenters. The average molecular weight is 329 g/mol. The lowest BCUT2D eigenvalue weighted by Crippen LogP contribution is -2.29. The van der Waals surface area contributed by atoms with Crippen molar-refractivity contribution in [3.63, 3.8) is 0 Å². The molecule has 8 heteroatoms. The minimum Gasteiger partial charge on any atom is -0.481 e. The summed E-state index contributed by atoms with van der Waals surface area (Å²) in [7, 11) is 1.57. The lowest BCUT2D eigenvalue weighted by atomic mass is 10.0. The first kappa shape index (κ1) is 15.2. The minimum atomic E-state index is -0.716. The van der Waals surface area contributed by atoms with Crippen LogP contribution < -0.4 is 4.74 Å². The number of aromatic nitrogens is 2. The molecule has 0 radical (unpaired) electrons. The number of ether oxygens (including phenoxy) is 3. The van der Waals surface area contributed by atoms with E-state index in [0.717, 1.165) is 0 Å². The zero-order valence-corrected chi connectivity index (χ0v) is 12.6. The molecule has 1 fully saturated rings. The van der Waals surface area contributed by atoms with Crippen molar-refractivity contribution in [2.24, 2.45) is 0 Å². The van der Waals surface area contributed by atoms with Crippen LogP contribution in [-0.4, -0.2) is 30.5 Å². The summed E-state index contributed by atoms with van der Waals surface area (Å²) in [5.41, 5.74) is -0.716. The Morgan fingerprint density at radius 1 is 1.41 bits per heavy atom. The summed E-state index contributed by atoms with van der Waals surface area (Å²) in [6.07, 6.45) is 0.634. The number of nitrogens with zero attached hydrogens (tertiary/aromatic N) is 2. The monoisotopic (exact) mass is 328 g/mol. The standard InChI is InChI=1S/C14H14ClFN2O4/c1-19-14(5-6-20-8-14)13-18-17-11(22-13)7-21-10-4-2-3-9(15)12(10)16/h2-4H,5-8H2,1H3. The summed E-state index contributed by atoms with van der Waals surface area (Å²) in [5.74, 6) is -0.0465. The third-order valence-electron chi connectivity index (χ3n) is 3.50. The Hall–Kier alpha value is -1.70. The molecule has 1 saturated heterocycles. The molecular formula is C14H14ClFN2O4. The number of hydrogen-bond acceptors (Lipinski definition) is 6. The van der Waals surface area contributed by atoms with Crippen LogP contribution in [0.25, 0.3) is 0 Å². The van der Waals surface area contributed by atoms with Crippen LogP contribution in [0.4, 0.5) is 4.39 Å². The molecule has 1 aliphatic rings. The second-order valence-electron chi connectivity index (χ2n) is 4.84. The van der Waals surface area contributed by atoms with Gasteiger partial charge in [0.2, 0.25) is 0 Å². The SMILES string of the molecule is COC1(c2nnc(COc3cccc(Cl)c3F)o2)CCOC1. The third kappa shape index (κ3) is 2.79. The molecule has 0 saturated carbocycles. The molecule has 2 aromatic rings. The van der Waals surface area contributed by atoms with Crippen molar-refractivity contribution in [3.05, 3.63) is 40.8 Å². The van der Waals surface area contributed by atoms with Crippen LogP contribution in [0.3, 0.4) is 0 Å². The van der Waals surface area contributed by atoms with E-state index in [-0.39, 0.29) is 23.3 Å². The topological polar surface area (TPSA) is 66.6 Å². The first-order valence-electron chi connectivity index (χ1n) is 6.67. The summed E-state index contributed by atoms with van der Waals surface area (Å²) >= 11 is 5.69. The van der Waals surface area contributed by atoms with Gasteiger partial charge in [0, 0.05) is 13.5 Å². The lowest BCUT2D eigenvalue weighted by Gasteiger charge is -2.20. The van der Waals surface area contributed by atoms with Crippen molar-refractivity contribution in [1.29, 1.82) is 0 Å². The molecule has 6 nitrogen and oxygen atoms in total. The van der Waals surface area contributed by atoms with Crippen molar-refractivity contribution >= 4 is 11.6 Å². The van der Waals surface area contributed by atoms with E-state index in [9.17, 15) is 4.39 Å². The number of hydrogen-bond donors (Lipinski definition) is 0. The Bertz CT molecular complexity index is 658. The predicted octanol–water partition coefficient (Wildman–Crippen LogP) is 2.70. The molecular weight excluding hydrogens is 315 g/mol. The Morgan fingerprint density at radius 3 is 3.00 bits per heavy atom. The molecule has 0 bridgehead atoms. The second-order valence-corrected chi connectivity index (χ2v) is 5.25.